The van der Waals surface area contributed by atoms with E-state index in [9.17, 15) is 9.59 Å². The van der Waals surface area contributed by atoms with Gasteiger partial charge in [0.15, 0.2) is 0 Å². The van der Waals surface area contributed by atoms with Crippen LogP contribution in [0.15, 0.2) is 63.2 Å². The number of aromatic nitrogens is 3. The number of para-hydroxylation sites is 1. The summed E-state index contributed by atoms with van der Waals surface area (Å²) in [7, 11) is 0. The third kappa shape index (κ3) is 1.44. The van der Waals surface area contributed by atoms with Crippen LogP contribution in [0.2, 0.25) is 0 Å². The largest absolute Gasteiger partial charge is 0.352 e. The van der Waals surface area contributed by atoms with Gasteiger partial charge in [-0.25, -0.2) is 23.5 Å². The van der Waals surface area contributed by atoms with E-state index in [4.69, 9.17) is 0 Å². The van der Waals surface area contributed by atoms with Crippen LogP contribution in [0.1, 0.15) is 51.6 Å². The lowest BCUT2D eigenvalue weighted by atomic mass is 9.38. The molecule has 0 N–H and O–H groups in total. The highest BCUT2D eigenvalue weighted by Gasteiger charge is 2.70. The van der Waals surface area contributed by atoms with Crippen LogP contribution in [-0.4, -0.2) is 13.9 Å². The van der Waals surface area contributed by atoms with Crippen molar-refractivity contribution in [2.75, 3.05) is 0 Å². The molecule has 138 valence electrons. The van der Waals surface area contributed by atoms with Gasteiger partial charge in [0.25, 0.3) is 0 Å². The van der Waals surface area contributed by atoms with Gasteiger partial charge in [-0.05, 0) is 37.8 Å². The number of rotatable bonds is 1. The lowest BCUT2D eigenvalue weighted by Crippen LogP contribution is -2.66. The van der Waals surface area contributed by atoms with Gasteiger partial charge < -0.3 is 0 Å². The van der Waals surface area contributed by atoms with E-state index in [1.165, 1.54) is 17.4 Å². The Morgan fingerprint density at radius 2 is 1.30 bits per heavy atom. The number of hydrogen-bond donors (Lipinski definition) is 0. The number of nitrogens with zero attached hydrogens (tertiary/aromatic N) is 3. The third-order valence-electron chi connectivity index (χ3n) is 8.01. The van der Waals surface area contributed by atoms with Crippen molar-refractivity contribution in [2.24, 2.45) is 10.8 Å². The second kappa shape index (κ2) is 4.64. The lowest BCUT2D eigenvalue weighted by Gasteiger charge is -2.69. The fourth-order valence-electron chi connectivity index (χ4n) is 6.61. The van der Waals surface area contributed by atoms with E-state index < -0.39 is 0 Å². The molecule has 0 saturated carbocycles. The van der Waals surface area contributed by atoms with E-state index in [2.05, 4.69) is 26.0 Å². The number of benzene rings is 1. The Bertz CT molecular complexity index is 1090. The number of hydrogen-bond acceptors (Lipinski definition) is 2. The molecule has 5 heteroatoms. The van der Waals surface area contributed by atoms with E-state index >= 15 is 0 Å². The van der Waals surface area contributed by atoms with Gasteiger partial charge in [-0.15, -0.1) is 0 Å². The molecule has 0 radical (unpaired) electrons. The van der Waals surface area contributed by atoms with Gasteiger partial charge in [0.05, 0.1) is 17.8 Å². The van der Waals surface area contributed by atoms with E-state index in [1.54, 1.807) is 20.5 Å². The van der Waals surface area contributed by atoms with E-state index in [0.29, 0.717) is 5.69 Å². The highest BCUT2D eigenvalue weighted by atomic mass is 16.2. The molecule has 0 saturated heterocycles. The van der Waals surface area contributed by atoms with E-state index in [-0.39, 0.29) is 34.3 Å². The molecule has 0 unspecified atom stereocenters. The Morgan fingerprint density at radius 1 is 0.815 bits per heavy atom. The molecule has 4 atom stereocenters. The maximum Gasteiger partial charge on any atom is 0.352 e. The van der Waals surface area contributed by atoms with Crippen LogP contribution in [0.4, 0.5) is 0 Å². The summed E-state index contributed by atoms with van der Waals surface area (Å²) in [6.45, 7) is 4.64. The summed E-state index contributed by atoms with van der Waals surface area (Å²) in [5, 5.41) is 0. The summed E-state index contributed by atoms with van der Waals surface area (Å²) in [5.74, 6) is 0. The summed E-state index contributed by atoms with van der Waals surface area (Å²) in [4.78, 5) is 26.7. The average molecular weight is 361 g/mol. The molecule has 2 bridgehead atoms. The zero-order valence-electron chi connectivity index (χ0n) is 15.7. The van der Waals surface area contributed by atoms with Crippen LogP contribution in [0.25, 0.3) is 5.69 Å². The summed E-state index contributed by atoms with van der Waals surface area (Å²) < 4.78 is 4.81. The van der Waals surface area contributed by atoms with Crippen LogP contribution >= 0.6 is 0 Å². The zero-order valence-corrected chi connectivity index (χ0v) is 15.7. The molecule has 7 rings (SSSR count). The quantitative estimate of drug-likeness (QED) is 0.731. The highest BCUT2D eigenvalue weighted by molar-refractivity contribution is 5.51. The van der Waals surface area contributed by atoms with Gasteiger partial charge in [0.2, 0.25) is 0 Å². The minimum atomic E-state index is -0.223. The lowest BCUT2D eigenvalue weighted by molar-refractivity contribution is -0.0584. The fraction of sp³-hybridized carbons (Fsp3) is 0.455. The Labute approximate surface area is 157 Å². The van der Waals surface area contributed by atoms with Crippen LogP contribution in [0, 0.1) is 10.8 Å². The normalized spacial score (nSPS) is 35.5. The van der Waals surface area contributed by atoms with Gasteiger partial charge in [0, 0.05) is 10.8 Å². The van der Waals surface area contributed by atoms with Crippen molar-refractivity contribution in [3.8, 4) is 5.69 Å². The second-order valence-corrected chi connectivity index (χ2v) is 8.77. The molecule has 5 nitrogen and oxygen atoms in total. The van der Waals surface area contributed by atoms with Crippen LogP contribution in [0.5, 0.6) is 0 Å². The smallest absolute Gasteiger partial charge is 0.245 e. The molecule has 5 aliphatic rings. The van der Waals surface area contributed by atoms with Gasteiger partial charge in [0.1, 0.15) is 0 Å². The zero-order chi connectivity index (χ0) is 18.6. The summed E-state index contributed by atoms with van der Waals surface area (Å²) >= 11 is 0. The summed E-state index contributed by atoms with van der Waals surface area (Å²) in [5.41, 5.74) is 3.16. The predicted molar refractivity (Wildman–Crippen MR) is 103 cm³/mol. The van der Waals surface area contributed by atoms with Crippen molar-refractivity contribution in [3.05, 3.63) is 74.6 Å². The van der Waals surface area contributed by atoms with Gasteiger partial charge in [-0.3, -0.25) is 0 Å². The van der Waals surface area contributed by atoms with Crippen LogP contribution in [-0.2, 0) is 0 Å². The molecule has 2 aromatic rings. The van der Waals surface area contributed by atoms with Crippen molar-refractivity contribution in [3.63, 3.8) is 0 Å². The maximum atomic E-state index is 13.4. The van der Waals surface area contributed by atoms with E-state index in [1.807, 2.05) is 30.3 Å². The molecular formula is C22H23N3O2. The second-order valence-electron chi connectivity index (χ2n) is 8.77. The molecule has 0 fully saturated rings. The molecule has 0 amide bonds. The molecule has 3 aliphatic carbocycles. The fourth-order valence-corrected chi connectivity index (χ4v) is 6.61. The molecule has 27 heavy (non-hydrogen) atoms. The molecule has 3 heterocycles. The highest BCUT2D eigenvalue weighted by Crippen LogP contribution is 2.75. The molecule has 0 spiro atoms. The first kappa shape index (κ1) is 15.5. The summed E-state index contributed by atoms with van der Waals surface area (Å²) in [6.07, 6.45) is 9.08. The molecular weight excluding hydrogens is 338 g/mol. The van der Waals surface area contributed by atoms with Crippen LogP contribution < -0.4 is 11.4 Å². The summed E-state index contributed by atoms with van der Waals surface area (Å²) in [6, 6.07) is 9.10. The monoisotopic (exact) mass is 361 g/mol. The maximum absolute atomic E-state index is 13.4. The first-order valence-electron chi connectivity index (χ1n) is 9.94. The molecule has 1 aromatic carbocycles. The minimum absolute atomic E-state index is 0.0681. The van der Waals surface area contributed by atoms with Gasteiger partial charge in [-0.1, -0.05) is 55.3 Å². The van der Waals surface area contributed by atoms with E-state index in [0.717, 1.165) is 12.8 Å². The standard InChI is InChI=1S/C22H23N3O2/c1-21-15-10-6-7-11-16(15)22(21,2)18-13-12-17(21)24-19(26)23(20(27)25(18)24)14-8-4-3-5-9-14/h3-5,8-9,12-13,17-18H,6-7,10-11H2,1-2H3/t17-,18-,21-,22+/m1/s1. The van der Waals surface area contributed by atoms with Crippen LogP contribution in [0.3, 0.4) is 0 Å². The first-order valence-corrected chi connectivity index (χ1v) is 9.94. The number of allylic oxidation sites excluding steroid dienone is 4. The Morgan fingerprint density at radius 3 is 1.78 bits per heavy atom. The van der Waals surface area contributed by atoms with Gasteiger partial charge in [-0.2, -0.15) is 0 Å². The Hall–Kier alpha value is -2.56. The minimum Gasteiger partial charge on any atom is -0.245 e. The van der Waals surface area contributed by atoms with Crippen molar-refractivity contribution < 1.29 is 0 Å². The Kier molecular flexibility index (Phi) is 2.66. The van der Waals surface area contributed by atoms with Gasteiger partial charge >= 0.3 is 11.4 Å². The van der Waals surface area contributed by atoms with Crippen molar-refractivity contribution >= 4 is 0 Å². The average Bonchev–Trinajstić information content (AvgIpc) is 2.97. The van der Waals surface area contributed by atoms with Crippen molar-refractivity contribution in [2.45, 2.75) is 51.6 Å². The van der Waals surface area contributed by atoms with Crippen molar-refractivity contribution in [1.29, 1.82) is 0 Å². The third-order valence-corrected chi connectivity index (χ3v) is 8.01. The van der Waals surface area contributed by atoms with Crippen molar-refractivity contribution in [1.82, 2.24) is 13.9 Å². The predicted octanol–water partition coefficient (Wildman–Crippen LogP) is 3.36. The molecule has 2 aliphatic heterocycles. The topological polar surface area (TPSA) is 48.9 Å². The SMILES string of the molecule is C[C@@]12C3=C(CCCC3)[C@]1(C)[C@H]1C=C[C@H]2n2c(=O)n(-c3ccccc3)c(=O)n21. The Balaban J connectivity index is 1.65. The molecule has 1 aromatic heterocycles. The first-order chi connectivity index (χ1) is 13.0.